The van der Waals surface area contributed by atoms with Gasteiger partial charge in [-0.05, 0) is 41.8 Å². The van der Waals surface area contributed by atoms with E-state index in [1.165, 1.54) is 24.0 Å². The van der Waals surface area contributed by atoms with Gasteiger partial charge in [0.15, 0.2) is 5.78 Å². The zero-order chi connectivity index (χ0) is 25.0. The van der Waals surface area contributed by atoms with Gasteiger partial charge >= 0.3 is 5.97 Å². The van der Waals surface area contributed by atoms with Crippen molar-refractivity contribution in [1.29, 1.82) is 0 Å². The van der Waals surface area contributed by atoms with E-state index in [4.69, 9.17) is 4.74 Å². The molecule has 0 bridgehead atoms. The van der Waals surface area contributed by atoms with Crippen molar-refractivity contribution in [2.45, 2.75) is 19.0 Å². The van der Waals surface area contributed by atoms with Crippen molar-refractivity contribution in [3.63, 3.8) is 0 Å². The summed E-state index contributed by atoms with van der Waals surface area (Å²) < 4.78 is 5.06. The number of imide groups is 1. The topological polar surface area (TPSA) is 96.3 Å². The Morgan fingerprint density at radius 2 is 1.61 bits per heavy atom. The summed E-state index contributed by atoms with van der Waals surface area (Å²) in [6.07, 6.45) is 5.11. The molecule has 0 radical (unpaired) electrons. The number of rotatable bonds is 4. The van der Waals surface area contributed by atoms with E-state index in [0.717, 1.165) is 10.8 Å². The van der Waals surface area contributed by atoms with Crippen LogP contribution >= 0.6 is 0 Å². The Bertz CT molecular complexity index is 1490. The highest BCUT2D eigenvalue weighted by molar-refractivity contribution is 6.27. The van der Waals surface area contributed by atoms with Gasteiger partial charge in [-0.25, -0.2) is 4.90 Å². The van der Waals surface area contributed by atoms with Crippen LogP contribution in [0.3, 0.4) is 0 Å². The first-order chi connectivity index (χ1) is 17.5. The summed E-state index contributed by atoms with van der Waals surface area (Å²) in [5.41, 5.74) is 0.855. The van der Waals surface area contributed by atoms with Crippen LogP contribution in [0.2, 0.25) is 0 Å². The normalized spacial score (nSPS) is 24.2. The molecule has 2 fully saturated rings. The number of esters is 1. The molecule has 3 aromatic rings. The Hall–Kier alpha value is -4.59. The third-order valence-electron chi connectivity index (χ3n) is 6.97. The lowest BCUT2D eigenvalue weighted by Crippen LogP contribution is -2.46. The van der Waals surface area contributed by atoms with Gasteiger partial charge in [-0.1, -0.05) is 42.5 Å². The Morgan fingerprint density at radius 1 is 0.889 bits per heavy atom. The van der Waals surface area contributed by atoms with Crippen molar-refractivity contribution in [2.75, 3.05) is 4.90 Å². The molecule has 3 aliphatic rings. The van der Waals surface area contributed by atoms with Gasteiger partial charge in [0, 0.05) is 24.1 Å². The van der Waals surface area contributed by atoms with Crippen molar-refractivity contribution in [3.8, 4) is 5.75 Å². The fourth-order valence-corrected chi connectivity index (χ4v) is 5.50. The van der Waals surface area contributed by atoms with Gasteiger partial charge in [0.1, 0.15) is 11.8 Å². The summed E-state index contributed by atoms with van der Waals surface area (Å²) >= 11 is 0. The molecule has 2 saturated heterocycles. The van der Waals surface area contributed by atoms with Crippen molar-refractivity contribution in [1.82, 2.24) is 5.01 Å². The zero-order valence-corrected chi connectivity index (χ0v) is 19.3. The zero-order valence-electron chi connectivity index (χ0n) is 19.3. The van der Waals surface area contributed by atoms with E-state index in [1.807, 2.05) is 42.5 Å². The van der Waals surface area contributed by atoms with Crippen molar-refractivity contribution in [3.05, 3.63) is 84.4 Å². The van der Waals surface area contributed by atoms with Crippen LogP contribution in [0, 0.1) is 11.8 Å². The summed E-state index contributed by atoms with van der Waals surface area (Å²) in [4.78, 5) is 53.9. The van der Waals surface area contributed by atoms with Crippen LogP contribution in [0.5, 0.6) is 5.75 Å². The summed E-state index contributed by atoms with van der Waals surface area (Å²) in [6.45, 7) is 1.30. The highest BCUT2D eigenvalue weighted by atomic mass is 16.5. The minimum absolute atomic E-state index is 0.314. The third-order valence-corrected chi connectivity index (χ3v) is 6.97. The van der Waals surface area contributed by atoms with Crippen LogP contribution in [-0.2, 0) is 14.4 Å². The molecule has 4 atom stereocenters. The molecule has 0 unspecified atom stereocenters. The number of Topliss-reactive ketones (excluding diaryl/α,β-unsaturated/α-hetero) is 1. The Morgan fingerprint density at radius 3 is 2.39 bits per heavy atom. The molecule has 0 N–H and O–H groups in total. The molecule has 8 heteroatoms. The molecule has 2 amide bonds. The first-order valence-electron chi connectivity index (χ1n) is 11.6. The van der Waals surface area contributed by atoms with Crippen LogP contribution in [0.4, 0.5) is 5.69 Å². The van der Waals surface area contributed by atoms with Crippen LogP contribution in [0.25, 0.3) is 10.8 Å². The van der Waals surface area contributed by atoms with Gasteiger partial charge in [-0.2, -0.15) is 5.10 Å². The molecular formula is C28H21N3O5. The first-order valence-corrected chi connectivity index (χ1v) is 11.6. The molecule has 3 aromatic carbocycles. The van der Waals surface area contributed by atoms with E-state index in [0.29, 0.717) is 17.0 Å². The SMILES string of the molecule is CC(=O)Oc1ccc(C(=O)[C@@H]2[C@H]3C(=O)N(c4cccc5ccccc45)C(=O)[C@@H]3[C@H]3C=CC=NN32)cc1. The number of hydrogen-bond donors (Lipinski definition) is 0. The number of anilines is 1. The quantitative estimate of drug-likeness (QED) is 0.246. The van der Waals surface area contributed by atoms with E-state index >= 15 is 0 Å². The maximum Gasteiger partial charge on any atom is 0.308 e. The number of benzene rings is 3. The number of fused-ring (bicyclic) bond motifs is 4. The molecule has 178 valence electrons. The lowest BCUT2D eigenvalue weighted by molar-refractivity contribution is -0.132. The maximum atomic E-state index is 13.9. The lowest BCUT2D eigenvalue weighted by Gasteiger charge is -2.30. The predicted octanol–water partition coefficient (Wildman–Crippen LogP) is 3.36. The molecule has 36 heavy (non-hydrogen) atoms. The number of ketones is 1. The lowest BCUT2D eigenvalue weighted by atomic mass is 9.86. The minimum atomic E-state index is -0.947. The van der Waals surface area contributed by atoms with Crippen LogP contribution < -0.4 is 9.64 Å². The number of ether oxygens (including phenoxy) is 1. The van der Waals surface area contributed by atoms with Gasteiger partial charge in [0.2, 0.25) is 11.8 Å². The average Bonchev–Trinajstić information content (AvgIpc) is 3.36. The van der Waals surface area contributed by atoms with Gasteiger partial charge in [-0.15, -0.1) is 0 Å². The number of amides is 2. The Labute approximate surface area is 206 Å². The monoisotopic (exact) mass is 479 g/mol. The van der Waals surface area contributed by atoms with Gasteiger partial charge in [-0.3, -0.25) is 24.2 Å². The molecule has 0 aromatic heterocycles. The van der Waals surface area contributed by atoms with Crippen molar-refractivity contribution < 1.29 is 23.9 Å². The number of carbonyl (C=O) groups is 4. The smallest absolute Gasteiger partial charge is 0.308 e. The van der Waals surface area contributed by atoms with Crippen LogP contribution in [0.1, 0.15) is 17.3 Å². The molecule has 0 spiro atoms. The van der Waals surface area contributed by atoms with Gasteiger partial charge in [0.25, 0.3) is 0 Å². The Kier molecular flexibility index (Phi) is 5.03. The highest BCUT2D eigenvalue weighted by Crippen LogP contribution is 2.47. The van der Waals surface area contributed by atoms with Crippen LogP contribution in [-0.4, -0.2) is 46.9 Å². The van der Waals surface area contributed by atoms with E-state index in [-0.39, 0.29) is 11.7 Å². The number of carbonyl (C=O) groups excluding carboxylic acids is 4. The summed E-state index contributed by atoms with van der Waals surface area (Å²) in [7, 11) is 0. The van der Waals surface area contributed by atoms with Crippen molar-refractivity contribution in [2.24, 2.45) is 16.9 Å². The maximum absolute atomic E-state index is 13.9. The number of hydrazone groups is 1. The molecule has 3 heterocycles. The summed E-state index contributed by atoms with van der Waals surface area (Å²) in [5, 5.41) is 7.67. The summed E-state index contributed by atoms with van der Waals surface area (Å²) in [5.74, 6) is -2.84. The predicted molar refractivity (Wildman–Crippen MR) is 133 cm³/mol. The third kappa shape index (κ3) is 3.25. The van der Waals surface area contributed by atoms with E-state index < -0.39 is 35.8 Å². The number of allylic oxidation sites excluding steroid dienone is 1. The highest BCUT2D eigenvalue weighted by Gasteiger charge is 2.64. The first kappa shape index (κ1) is 21.9. The number of hydrogen-bond acceptors (Lipinski definition) is 7. The molecule has 6 rings (SSSR count). The fourth-order valence-electron chi connectivity index (χ4n) is 5.50. The molecule has 0 saturated carbocycles. The molecule has 3 aliphatic heterocycles. The van der Waals surface area contributed by atoms with Crippen molar-refractivity contribution >= 4 is 46.2 Å². The van der Waals surface area contributed by atoms with E-state index in [9.17, 15) is 19.2 Å². The second-order valence-corrected chi connectivity index (χ2v) is 9.01. The second kappa shape index (κ2) is 8.27. The van der Waals surface area contributed by atoms with E-state index in [1.54, 1.807) is 35.5 Å². The second-order valence-electron chi connectivity index (χ2n) is 9.01. The molecule has 0 aliphatic carbocycles. The van der Waals surface area contributed by atoms with Gasteiger partial charge in [0.05, 0.1) is 23.6 Å². The Balaban J connectivity index is 1.40. The largest absolute Gasteiger partial charge is 0.427 e. The van der Waals surface area contributed by atoms with Crippen LogP contribution in [0.15, 0.2) is 84.0 Å². The fraction of sp³-hybridized carbons (Fsp3) is 0.179. The minimum Gasteiger partial charge on any atom is -0.427 e. The summed E-state index contributed by atoms with van der Waals surface area (Å²) in [6, 6.07) is 17.8. The number of nitrogens with zero attached hydrogens (tertiary/aromatic N) is 3. The molecular weight excluding hydrogens is 458 g/mol. The van der Waals surface area contributed by atoms with E-state index in [2.05, 4.69) is 5.10 Å². The standard InChI is InChI=1S/C28H21N3O5/c1-16(32)36-19-13-11-18(12-14-19)26(33)25-24-23(22-10-5-15-29-31(22)25)27(34)30(28(24)35)21-9-4-7-17-6-2-3-8-20(17)21/h2-15,22-25H,1H3/t22-,23-,24+,25+/m1/s1. The average molecular weight is 479 g/mol. The molecule has 8 nitrogen and oxygen atoms in total. The van der Waals surface area contributed by atoms with Gasteiger partial charge < -0.3 is 4.74 Å².